The van der Waals surface area contributed by atoms with Crippen LogP contribution in [0.1, 0.15) is 39.5 Å². The molecule has 3 heteroatoms. The van der Waals surface area contributed by atoms with Crippen LogP contribution in [-0.4, -0.2) is 37.1 Å². The normalized spacial score (nSPS) is 29.9. The van der Waals surface area contributed by atoms with Crippen molar-refractivity contribution in [3.05, 3.63) is 11.1 Å². The minimum Gasteiger partial charge on any atom is -0.379 e. The van der Waals surface area contributed by atoms with E-state index in [0.29, 0.717) is 5.92 Å². The molecule has 0 bridgehead atoms. The number of hydrogen-bond donors (Lipinski definition) is 0. The lowest BCUT2D eigenvalue weighted by Crippen LogP contribution is -2.47. The molecule has 1 fully saturated rings. The summed E-state index contributed by atoms with van der Waals surface area (Å²) in [5.74, 6) is 0.816. The highest BCUT2D eigenvalue weighted by Gasteiger charge is 2.31. The summed E-state index contributed by atoms with van der Waals surface area (Å²) in [5.41, 5.74) is 2.36. The van der Waals surface area contributed by atoms with Gasteiger partial charge in [0.15, 0.2) is 0 Å². The summed E-state index contributed by atoms with van der Waals surface area (Å²) in [5, 5.41) is 0. The van der Waals surface area contributed by atoms with Crippen molar-refractivity contribution < 1.29 is 9.53 Å². The van der Waals surface area contributed by atoms with Gasteiger partial charge < -0.3 is 9.64 Å². The number of methoxy groups -OCH3 is 1. The molecule has 2 rings (SSSR count). The van der Waals surface area contributed by atoms with E-state index in [-0.39, 0.29) is 12.0 Å². The number of carbonyl (C=O) groups is 1. The number of carbonyl (C=O) groups excluding carboxylic acids is 1. The van der Waals surface area contributed by atoms with Crippen LogP contribution in [0.15, 0.2) is 11.1 Å². The van der Waals surface area contributed by atoms with Gasteiger partial charge in [0.2, 0.25) is 5.91 Å². The molecular weight excluding hydrogens is 214 g/mol. The van der Waals surface area contributed by atoms with Crippen molar-refractivity contribution in [2.24, 2.45) is 5.92 Å². The van der Waals surface area contributed by atoms with Crippen LogP contribution in [0.5, 0.6) is 0 Å². The monoisotopic (exact) mass is 237 g/mol. The average Bonchev–Trinajstić information content (AvgIpc) is 2.75. The molecule has 1 saturated heterocycles. The Morgan fingerprint density at radius 3 is 2.76 bits per heavy atom. The first kappa shape index (κ1) is 12.6. The third-order valence-electron chi connectivity index (χ3n) is 4.23. The van der Waals surface area contributed by atoms with E-state index in [4.69, 9.17) is 4.74 Å². The molecule has 0 radical (unpaired) electrons. The largest absolute Gasteiger partial charge is 0.379 e. The molecule has 2 aliphatic rings. The fourth-order valence-electron chi connectivity index (χ4n) is 2.90. The SMILES string of the molecule is COC1CN(C(=O)C2=C(C)CCC2)CCC1C. The first-order valence-corrected chi connectivity index (χ1v) is 6.64. The Morgan fingerprint density at radius 2 is 2.18 bits per heavy atom. The Labute approximate surface area is 104 Å². The molecular formula is C14H23NO2. The molecule has 0 aromatic rings. The molecule has 0 N–H and O–H groups in total. The third-order valence-corrected chi connectivity index (χ3v) is 4.23. The molecule has 0 aromatic heterocycles. The van der Waals surface area contributed by atoms with E-state index < -0.39 is 0 Å². The standard InChI is InChI=1S/C14H23NO2/c1-10-5-4-6-12(10)14(16)15-8-7-11(2)13(9-15)17-3/h11,13H,4-9H2,1-3H3. The van der Waals surface area contributed by atoms with Gasteiger partial charge in [0.25, 0.3) is 0 Å². The fraction of sp³-hybridized carbons (Fsp3) is 0.786. The number of likely N-dealkylation sites (tertiary alicyclic amines) is 1. The molecule has 1 heterocycles. The molecule has 1 aliphatic heterocycles. The van der Waals surface area contributed by atoms with Crippen molar-refractivity contribution in [2.75, 3.05) is 20.2 Å². The molecule has 1 amide bonds. The zero-order valence-corrected chi connectivity index (χ0v) is 11.2. The number of piperidine rings is 1. The minimum absolute atomic E-state index is 0.204. The lowest BCUT2D eigenvalue weighted by Gasteiger charge is -2.36. The topological polar surface area (TPSA) is 29.5 Å². The van der Waals surface area contributed by atoms with Crippen molar-refractivity contribution in [3.8, 4) is 0 Å². The summed E-state index contributed by atoms with van der Waals surface area (Å²) in [6, 6.07) is 0. The molecule has 2 atom stereocenters. The van der Waals surface area contributed by atoms with Crippen LogP contribution in [0.4, 0.5) is 0 Å². The van der Waals surface area contributed by atoms with Gasteiger partial charge in [-0.1, -0.05) is 12.5 Å². The Kier molecular flexibility index (Phi) is 3.87. The molecule has 0 saturated carbocycles. The van der Waals surface area contributed by atoms with Gasteiger partial charge in [-0.05, 0) is 38.5 Å². The highest BCUT2D eigenvalue weighted by Crippen LogP contribution is 2.29. The summed E-state index contributed by atoms with van der Waals surface area (Å²) < 4.78 is 5.46. The minimum atomic E-state index is 0.204. The van der Waals surface area contributed by atoms with Crippen LogP contribution in [-0.2, 0) is 9.53 Å². The van der Waals surface area contributed by atoms with Gasteiger partial charge in [-0.2, -0.15) is 0 Å². The number of hydrogen-bond acceptors (Lipinski definition) is 2. The molecule has 0 spiro atoms. The maximum Gasteiger partial charge on any atom is 0.249 e. The second-order valence-electron chi connectivity index (χ2n) is 5.40. The summed E-state index contributed by atoms with van der Waals surface area (Å²) in [6.45, 7) is 5.95. The number of nitrogens with zero attached hydrogens (tertiary/aromatic N) is 1. The van der Waals surface area contributed by atoms with Gasteiger partial charge in [0.1, 0.15) is 0 Å². The molecule has 17 heavy (non-hydrogen) atoms. The van der Waals surface area contributed by atoms with E-state index in [1.807, 2.05) is 4.90 Å². The Morgan fingerprint density at radius 1 is 1.41 bits per heavy atom. The summed E-state index contributed by atoms with van der Waals surface area (Å²) in [6.07, 6.45) is 4.46. The van der Waals surface area contributed by atoms with Crippen molar-refractivity contribution in [1.82, 2.24) is 4.90 Å². The second kappa shape index (κ2) is 5.21. The second-order valence-corrected chi connectivity index (χ2v) is 5.40. The van der Waals surface area contributed by atoms with Gasteiger partial charge in [-0.15, -0.1) is 0 Å². The van der Waals surface area contributed by atoms with E-state index in [1.54, 1.807) is 7.11 Å². The van der Waals surface area contributed by atoms with Gasteiger partial charge in [-0.3, -0.25) is 4.79 Å². The van der Waals surface area contributed by atoms with Crippen molar-refractivity contribution in [3.63, 3.8) is 0 Å². The average molecular weight is 237 g/mol. The van der Waals surface area contributed by atoms with E-state index in [2.05, 4.69) is 13.8 Å². The fourth-order valence-corrected chi connectivity index (χ4v) is 2.90. The summed E-state index contributed by atoms with van der Waals surface area (Å²) in [4.78, 5) is 14.4. The molecule has 2 unspecified atom stereocenters. The molecule has 3 nitrogen and oxygen atoms in total. The van der Waals surface area contributed by atoms with Crippen molar-refractivity contribution >= 4 is 5.91 Å². The van der Waals surface area contributed by atoms with Crippen LogP contribution >= 0.6 is 0 Å². The number of amides is 1. The quantitative estimate of drug-likeness (QED) is 0.738. The Balaban J connectivity index is 2.03. The van der Waals surface area contributed by atoms with Gasteiger partial charge in [0.05, 0.1) is 6.10 Å². The van der Waals surface area contributed by atoms with E-state index >= 15 is 0 Å². The third kappa shape index (κ3) is 2.54. The van der Waals surface area contributed by atoms with Gasteiger partial charge in [-0.25, -0.2) is 0 Å². The Bertz CT molecular complexity index is 335. The van der Waals surface area contributed by atoms with E-state index in [0.717, 1.165) is 44.3 Å². The number of ether oxygens (including phenoxy) is 1. The molecule has 0 aromatic carbocycles. The zero-order chi connectivity index (χ0) is 12.4. The van der Waals surface area contributed by atoms with Crippen molar-refractivity contribution in [2.45, 2.75) is 45.6 Å². The number of rotatable bonds is 2. The number of allylic oxidation sites excluding steroid dienone is 1. The molecule has 1 aliphatic carbocycles. The summed E-state index contributed by atoms with van der Waals surface area (Å²) >= 11 is 0. The maximum absolute atomic E-state index is 12.4. The van der Waals surface area contributed by atoms with Crippen LogP contribution in [0.25, 0.3) is 0 Å². The maximum atomic E-state index is 12.4. The van der Waals surface area contributed by atoms with Crippen molar-refractivity contribution in [1.29, 1.82) is 0 Å². The van der Waals surface area contributed by atoms with Gasteiger partial charge in [0, 0.05) is 25.8 Å². The lowest BCUT2D eigenvalue weighted by molar-refractivity contribution is -0.132. The van der Waals surface area contributed by atoms with Crippen LogP contribution < -0.4 is 0 Å². The predicted octanol–water partition coefficient (Wildman–Crippen LogP) is 2.37. The first-order valence-electron chi connectivity index (χ1n) is 6.64. The van der Waals surface area contributed by atoms with E-state index in [9.17, 15) is 4.79 Å². The molecule has 96 valence electrons. The van der Waals surface area contributed by atoms with Crippen LogP contribution in [0, 0.1) is 5.92 Å². The van der Waals surface area contributed by atoms with Crippen LogP contribution in [0.2, 0.25) is 0 Å². The smallest absolute Gasteiger partial charge is 0.249 e. The van der Waals surface area contributed by atoms with E-state index in [1.165, 1.54) is 5.57 Å². The van der Waals surface area contributed by atoms with Gasteiger partial charge >= 0.3 is 0 Å². The first-order chi connectivity index (χ1) is 8.13. The van der Waals surface area contributed by atoms with Crippen LogP contribution in [0.3, 0.4) is 0 Å². The lowest BCUT2D eigenvalue weighted by atomic mass is 9.95. The highest BCUT2D eigenvalue weighted by molar-refractivity contribution is 5.94. The highest BCUT2D eigenvalue weighted by atomic mass is 16.5. The summed E-state index contributed by atoms with van der Waals surface area (Å²) in [7, 11) is 1.75. The zero-order valence-electron chi connectivity index (χ0n) is 11.2. The predicted molar refractivity (Wildman–Crippen MR) is 67.7 cm³/mol. The Hall–Kier alpha value is -0.830.